The molecule has 0 radical (unpaired) electrons. The van der Waals surface area contributed by atoms with Crippen molar-refractivity contribution in [1.29, 1.82) is 0 Å². The molecule has 2 N–H and O–H groups in total. The zero-order valence-electron chi connectivity index (χ0n) is 8.33. The van der Waals surface area contributed by atoms with Gasteiger partial charge in [-0.15, -0.1) is 11.3 Å². The number of hydrogen-bond acceptors (Lipinski definition) is 4. The van der Waals surface area contributed by atoms with Crippen molar-refractivity contribution in [2.75, 3.05) is 7.11 Å². The van der Waals surface area contributed by atoms with E-state index < -0.39 is 0 Å². The van der Waals surface area contributed by atoms with Crippen LogP contribution in [0.1, 0.15) is 22.5 Å². The van der Waals surface area contributed by atoms with Gasteiger partial charge in [-0.1, -0.05) is 0 Å². The van der Waals surface area contributed by atoms with Crippen LogP contribution in [-0.4, -0.2) is 18.1 Å². The van der Waals surface area contributed by atoms with Crippen LogP contribution in [-0.2, 0) is 17.8 Å². The van der Waals surface area contributed by atoms with Gasteiger partial charge in [-0.05, 0) is 13.8 Å². The summed E-state index contributed by atoms with van der Waals surface area (Å²) in [6.45, 7) is 4.66. The van der Waals surface area contributed by atoms with Crippen molar-refractivity contribution in [2.45, 2.75) is 32.9 Å². The molecule has 0 aromatic carbocycles. The molecular formula is C9H16N2OS. The summed E-state index contributed by atoms with van der Waals surface area (Å²) in [5.74, 6) is 0. The fraction of sp³-hybridized carbons (Fsp3) is 0.667. The Bertz CT molecular complexity index is 271. The van der Waals surface area contributed by atoms with Gasteiger partial charge in [0, 0.05) is 19.6 Å². The maximum absolute atomic E-state index is 5.69. The summed E-state index contributed by atoms with van der Waals surface area (Å²) in [6.07, 6.45) is 0.856. The lowest BCUT2D eigenvalue weighted by atomic mass is 10.3. The van der Waals surface area contributed by atoms with E-state index in [4.69, 9.17) is 10.5 Å². The first-order valence-corrected chi connectivity index (χ1v) is 5.14. The first-order chi connectivity index (χ1) is 6.13. The minimum absolute atomic E-state index is 0.181. The molecule has 13 heavy (non-hydrogen) atoms. The quantitative estimate of drug-likeness (QED) is 0.801. The second-order valence-electron chi connectivity index (χ2n) is 3.23. The molecule has 74 valence electrons. The van der Waals surface area contributed by atoms with E-state index in [0.29, 0.717) is 6.61 Å². The highest BCUT2D eigenvalue weighted by molar-refractivity contribution is 7.11. The molecule has 0 aliphatic rings. The van der Waals surface area contributed by atoms with Gasteiger partial charge < -0.3 is 10.5 Å². The number of aryl methyl sites for hydroxylation is 1. The van der Waals surface area contributed by atoms with Gasteiger partial charge >= 0.3 is 0 Å². The number of ether oxygens (including phenoxy) is 1. The average molecular weight is 200 g/mol. The van der Waals surface area contributed by atoms with E-state index in [-0.39, 0.29) is 6.04 Å². The molecule has 1 aromatic heterocycles. The number of aromatic nitrogens is 1. The molecule has 3 nitrogen and oxygen atoms in total. The molecule has 0 spiro atoms. The Balaban J connectivity index is 2.70. The van der Waals surface area contributed by atoms with Crippen molar-refractivity contribution < 1.29 is 4.74 Å². The molecule has 0 aliphatic carbocycles. The van der Waals surface area contributed by atoms with E-state index in [0.717, 1.165) is 17.1 Å². The van der Waals surface area contributed by atoms with Crippen molar-refractivity contribution in [2.24, 2.45) is 5.73 Å². The largest absolute Gasteiger partial charge is 0.379 e. The van der Waals surface area contributed by atoms with Crippen LogP contribution in [0.15, 0.2) is 0 Å². The summed E-state index contributed by atoms with van der Waals surface area (Å²) in [6, 6.07) is 0.181. The number of rotatable bonds is 4. The van der Waals surface area contributed by atoms with Gasteiger partial charge in [0.15, 0.2) is 0 Å². The average Bonchev–Trinajstić information content (AvgIpc) is 2.31. The van der Waals surface area contributed by atoms with Crippen molar-refractivity contribution in [3.05, 3.63) is 15.6 Å². The van der Waals surface area contributed by atoms with Crippen molar-refractivity contribution in [1.82, 2.24) is 4.98 Å². The predicted octanol–water partition coefficient (Wildman–Crippen LogP) is 1.49. The number of nitrogens with two attached hydrogens (primary N) is 1. The van der Waals surface area contributed by atoms with Crippen LogP contribution in [0.2, 0.25) is 0 Å². The molecule has 1 rings (SSSR count). The summed E-state index contributed by atoms with van der Waals surface area (Å²) < 4.78 is 5.07. The fourth-order valence-corrected chi connectivity index (χ4v) is 2.30. The summed E-state index contributed by atoms with van der Waals surface area (Å²) >= 11 is 1.70. The Labute approximate surface area is 82.9 Å². The molecule has 1 atom stereocenters. The normalized spacial score (nSPS) is 13.2. The highest BCUT2D eigenvalue weighted by Gasteiger charge is 2.08. The van der Waals surface area contributed by atoms with Gasteiger partial charge in [0.25, 0.3) is 0 Å². The van der Waals surface area contributed by atoms with E-state index in [1.54, 1.807) is 18.4 Å². The van der Waals surface area contributed by atoms with E-state index in [9.17, 15) is 0 Å². The number of nitrogens with zero attached hydrogens (tertiary/aromatic N) is 1. The molecule has 1 aromatic rings. The molecule has 0 amide bonds. The van der Waals surface area contributed by atoms with Crippen molar-refractivity contribution in [3.8, 4) is 0 Å². The second-order valence-corrected chi connectivity index (χ2v) is 4.40. The fourth-order valence-electron chi connectivity index (χ4n) is 1.12. The molecular weight excluding hydrogens is 184 g/mol. The number of methoxy groups -OCH3 is 1. The van der Waals surface area contributed by atoms with Crippen LogP contribution in [0.5, 0.6) is 0 Å². The Hall–Kier alpha value is -0.450. The van der Waals surface area contributed by atoms with Crippen LogP contribution in [0.25, 0.3) is 0 Å². The lowest BCUT2D eigenvalue weighted by molar-refractivity contribution is 0.187. The maximum Gasteiger partial charge on any atom is 0.0947 e. The van der Waals surface area contributed by atoms with E-state index in [1.807, 2.05) is 13.8 Å². The third-order valence-electron chi connectivity index (χ3n) is 1.71. The van der Waals surface area contributed by atoms with Gasteiger partial charge in [0.2, 0.25) is 0 Å². The van der Waals surface area contributed by atoms with Gasteiger partial charge in [-0.25, -0.2) is 4.98 Å². The highest BCUT2D eigenvalue weighted by Crippen LogP contribution is 2.19. The zero-order chi connectivity index (χ0) is 9.84. The Morgan fingerprint density at radius 1 is 1.62 bits per heavy atom. The maximum atomic E-state index is 5.69. The summed E-state index contributed by atoms with van der Waals surface area (Å²) in [4.78, 5) is 5.63. The topological polar surface area (TPSA) is 48.1 Å². The third kappa shape index (κ3) is 3.06. The van der Waals surface area contributed by atoms with Crippen LogP contribution in [0.4, 0.5) is 0 Å². The Morgan fingerprint density at radius 2 is 2.31 bits per heavy atom. The Morgan fingerprint density at radius 3 is 2.85 bits per heavy atom. The van der Waals surface area contributed by atoms with Gasteiger partial charge in [0.05, 0.1) is 22.2 Å². The third-order valence-corrected chi connectivity index (χ3v) is 2.86. The van der Waals surface area contributed by atoms with Crippen LogP contribution >= 0.6 is 11.3 Å². The second kappa shape index (κ2) is 4.69. The standard InChI is InChI=1S/C9H16N2OS/c1-6(10)4-9-11-7(2)8(13-9)5-12-3/h6H,4-5,10H2,1-3H3. The van der Waals surface area contributed by atoms with Crippen molar-refractivity contribution >= 4 is 11.3 Å². The van der Waals surface area contributed by atoms with E-state index >= 15 is 0 Å². The highest BCUT2D eigenvalue weighted by atomic mass is 32.1. The smallest absolute Gasteiger partial charge is 0.0947 e. The monoisotopic (exact) mass is 200 g/mol. The first-order valence-electron chi connectivity index (χ1n) is 4.33. The number of hydrogen-bond donors (Lipinski definition) is 1. The first kappa shape index (κ1) is 10.6. The molecule has 0 bridgehead atoms. The summed E-state index contributed by atoms with van der Waals surface area (Å²) in [5, 5.41) is 1.11. The summed E-state index contributed by atoms with van der Waals surface area (Å²) in [7, 11) is 1.70. The predicted molar refractivity (Wildman–Crippen MR) is 54.9 cm³/mol. The van der Waals surface area contributed by atoms with Gasteiger partial charge in [-0.2, -0.15) is 0 Å². The SMILES string of the molecule is COCc1sc(CC(C)N)nc1C. The zero-order valence-corrected chi connectivity index (χ0v) is 9.15. The molecule has 0 aliphatic heterocycles. The lowest BCUT2D eigenvalue weighted by Crippen LogP contribution is -2.17. The minimum atomic E-state index is 0.181. The summed E-state index contributed by atoms with van der Waals surface area (Å²) in [5.41, 5.74) is 6.76. The molecule has 4 heteroatoms. The molecule has 0 saturated carbocycles. The van der Waals surface area contributed by atoms with Gasteiger partial charge in [-0.3, -0.25) is 0 Å². The molecule has 1 unspecified atom stereocenters. The minimum Gasteiger partial charge on any atom is -0.379 e. The van der Waals surface area contributed by atoms with Crippen LogP contribution < -0.4 is 5.73 Å². The molecule has 1 heterocycles. The molecule has 0 fully saturated rings. The van der Waals surface area contributed by atoms with E-state index in [2.05, 4.69) is 4.98 Å². The number of thiazole rings is 1. The van der Waals surface area contributed by atoms with Crippen LogP contribution in [0, 0.1) is 6.92 Å². The van der Waals surface area contributed by atoms with Crippen LogP contribution in [0.3, 0.4) is 0 Å². The van der Waals surface area contributed by atoms with Gasteiger partial charge in [0.1, 0.15) is 0 Å². The lowest BCUT2D eigenvalue weighted by Gasteiger charge is -1.98. The molecule has 0 saturated heterocycles. The van der Waals surface area contributed by atoms with Crippen molar-refractivity contribution in [3.63, 3.8) is 0 Å². The Kier molecular flexibility index (Phi) is 3.84. The van der Waals surface area contributed by atoms with E-state index in [1.165, 1.54) is 4.88 Å².